The highest BCUT2D eigenvalue weighted by atomic mass is 16.3. The van der Waals surface area contributed by atoms with E-state index in [1.165, 1.54) is 12.2 Å². The first-order chi connectivity index (χ1) is 9.56. The van der Waals surface area contributed by atoms with E-state index in [0.717, 1.165) is 0 Å². The SMILES string of the molecule is NC(=O)C(O)CNC(=O)/C=C/c1nc2ccccc2o1. The number of nitrogens with zero attached hydrogens (tertiary/aromatic N) is 1. The van der Waals surface area contributed by atoms with Gasteiger partial charge in [0.05, 0.1) is 6.54 Å². The largest absolute Gasteiger partial charge is 0.437 e. The van der Waals surface area contributed by atoms with Crippen molar-refractivity contribution in [3.8, 4) is 0 Å². The molecular weight excluding hydrogens is 262 g/mol. The smallest absolute Gasteiger partial charge is 0.248 e. The number of amides is 2. The van der Waals surface area contributed by atoms with Crippen molar-refractivity contribution < 1.29 is 19.1 Å². The van der Waals surface area contributed by atoms with E-state index in [4.69, 9.17) is 15.3 Å². The van der Waals surface area contributed by atoms with Crippen LogP contribution in [0.2, 0.25) is 0 Å². The Kier molecular flexibility index (Phi) is 4.11. The summed E-state index contributed by atoms with van der Waals surface area (Å²) in [6.07, 6.45) is 1.18. The topological polar surface area (TPSA) is 118 Å². The Bertz CT molecular complexity index is 629. The van der Waals surface area contributed by atoms with E-state index in [1.54, 1.807) is 12.1 Å². The van der Waals surface area contributed by atoms with Crippen molar-refractivity contribution in [2.24, 2.45) is 5.73 Å². The normalized spacial score (nSPS) is 12.7. The third-order valence-electron chi connectivity index (χ3n) is 2.49. The van der Waals surface area contributed by atoms with Crippen molar-refractivity contribution in [2.75, 3.05) is 6.54 Å². The van der Waals surface area contributed by atoms with Crippen LogP contribution in [0.1, 0.15) is 5.89 Å². The molecule has 20 heavy (non-hydrogen) atoms. The number of aliphatic hydroxyl groups is 1. The molecule has 0 fully saturated rings. The minimum atomic E-state index is -1.41. The molecule has 0 bridgehead atoms. The summed E-state index contributed by atoms with van der Waals surface area (Å²) in [7, 11) is 0. The van der Waals surface area contributed by atoms with Crippen molar-refractivity contribution in [3.05, 3.63) is 36.2 Å². The van der Waals surface area contributed by atoms with Crippen LogP contribution in [0.3, 0.4) is 0 Å². The number of carbonyl (C=O) groups excluding carboxylic acids is 2. The number of aliphatic hydroxyl groups excluding tert-OH is 1. The van der Waals surface area contributed by atoms with E-state index in [0.29, 0.717) is 11.1 Å². The highest BCUT2D eigenvalue weighted by Gasteiger charge is 2.11. The predicted molar refractivity (Wildman–Crippen MR) is 71.3 cm³/mol. The van der Waals surface area contributed by atoms with Crippen LogP contribution in [0.15, 0.2) is 34.8 Å². The monoisotopic (exact) mass is 275 g/mol. The first-order valence-electron chi connectivity index (χ1n) is 5.85. The zero-order chi connectivity index (χ0) is 14.5. The predicted octanol–water partition coefficient (Wildman–Crippen LogP) is -0.197. The van der Waals surface area contributed by atoms with Crippen molar-refractivity contribution in [2.45, 2.75) is 6.10 Å². The lowest BCUT2D eigenvalue weighted by Gasteiger charge is -2.05. The molecule has 2 amide bonds. The van der Waals surface area contributed by atoms with E-state index in [1.807, 2.05) is 12.1 Å². The molecule has 104 valence electrons. The van der Waals surface area contributed by atoms with Gasteiger partial charge < -0.3 is 20.6 Å². The van der Waals surface area contributed by atoms with Crippen LogP contribution in [0.5, 0.6) is 0 Å². The van der Waals surface area contributed by atoms with Gasteiger partial charge in [-0.25, -0.2) is 4.98 Å². The fourth-order valence-corrected chi connectivity index (χ4v) is 1.47. The average molecular weight is 275 g/mol. The van der Waals surface area contributed by atoms with Gasteiger partial charge in [-0.2, -0.15) is 0 Å². The molecule has 0 saturated carbocycles. The molecule has 0 aliphatic rings. The van der Waals surface area contributed by atoms with E-state index in [9.17, 15) is 9.59 Å². The average Bonchev–Trinajstić information content (AvgIpc) is 2.85. The fraction of sp³-hybridized carbons (Fsp3) is 0.154. The van der Waals surface area contributed by atoms with E-state index in [2.05, 4.69) is 10.3 Å². The Balaban J connectivity index is 1.95. The third-order valence-corrected chi connectivity index (χ3v) is 2.49. The van der Waals surface area contributed by atoms with Crippen LogP contribution < -0.4 is 11.1 Å². The Morgan fingerprint density at radius 3 is 2.90 bits per heavy atom. The summed E-state index contributed by atoms with van der Waals surface area (Å²) in [5.74, 6) is -1.10. The number of primary amides is 1. The summed E-state index contributed by atoms with van der Waals surface area (Å²) >= 11 is 0. The maximum Gasteiger partial charge on any atom is 0.248 e. The van der Waals surface area contributed by atoms with Crippen LogP contribution in [0, 0.1) is 0 Å². The number of hydrogen-bond acceptors (Lipinski definition) is 5. The maximum absolute atomic E-state index is 11.4. The van der Waals surface area contributed by atoms with Gasteiger partial charge in [-0.3, -0.25) is 9.59 Å². The summed E-state index contributed by atoms with van der Waals surface area (Å²) in [5.41, 5.74) is 6.16. The molecule has 0 aliphatic carbocycles. The number of oxazole rings is 1. The molecule has 1 aromatic carbocycles. The molecule has 7 nitrogen and oxygen atoms in total. The minimum Gasteiger partial charge on any atom is -0.437 e. The molecule has 0 aliphatic heterocycles. The lowest BCUT2D eigenvalue weighted by molar-refractivity contribution is -0.126. The molecule has 0 radical (unpaired) electrons. The van der Waals surface area contributed by atoms with Gasteiger partial charge >= 0.3 is 0 Å². The van der Waals surface area contributed by atoms with E-state index in [-0.39, 0.29) is 12.4 Å². The zero-order valence-corrected chi connectivity index (χ0v) is 10.4. The molecule has 0 spiro atoms. The Hall–Kier alpha value is -2.67. The van der Waals surface area contributed by atoms with Crippen LogP contribution in [0.4, 0.5) is 0 Å². The minimum absolute atomic E-state index is 0.244. The summed E-state index contributed by atoms with van der Waals surface area (Å²) in [5, 5.41) is 11.4. The lowest BCUT2D eigenvalue weighted by Crippen LogP contribution is -2.39. The van der Waals surface area contributed by atoms with Crippen LogP contribution >= 0.6 is 0 Å². The number of nitrogens with two attached hydrogens (primary N) is 1. The summed E-state index contributed by atoms with van der Waals surface area (Å²) in [4.78, 5) is 26.1. The number of para-hydroxylation sites is 2. The molecule has 4 N–H and O–H groups in total. The van der Waals surface area contributed by atoms with Gasteiger partial charge in [0.1, 0.15) is 11.6 Å². The highest BCUT2D eigenvalue weighted by molar-refractivity contribution is 5.92. The second kappa shape index (κ2) is 5.98. The van der Waals surface area contributed by atoms with Gasteiger partial charge in [0, 0.05) is 12.2 Å². The van der Waals surface area contributed by atoms with Crippen LogP contribution in [-0.2, 0) is 9.59 Å². The summed E-state index contributed by atoms with van der Waals surface area (Å²) in [6, 6.07) is 7.21. The van der Waals surface area contributed by atoms with Crippen molar-refractivity contribution >= 4 is 29.0 Å². The fourth-order valence-electron chi connectivity index (χ4n) is 1.47. The second-order valence-electron chi connectivity index (χ2n) is 4.02. The molecule has 1 unspecified atom stereocenters. The number of rotatable bonds is 5. The number of fused-ring (bicyclic) bond motifs is 1. The zero-order valence-electron chi connectivity index (χ0n) is 10.4. The number of aromatic nitrogens is 1. The van der Waals surface area contributed by atoms with Crippen LogP contribution in [0.25, 0.3) is 17.2 Å². The third kappa shape index (κ3) is 3.42. The summed E-state index contributed by atoms with van der Waals surface area (Å²) in [6.45, 7) is -0.244. The Morgan fingerprint density at radius 1 is 1.45 bits per heavy atom. The standard InChI is InChI=1S/C13H13N3O4/c14-13(19)9(17)7-15-11(18)5-6-12-16-8-3-1-2-4-10(8)20-12/h1-6,9,17H,7H2,(H2,14,19)(H,15,18)/b6-5+. The highest BCUT2D eigenvalue weighted by Crippen LogP contribution is 2.15. The maximum atomic E-state index is 11.4. The number of benzene rings is 1. The summed E-state index contributed by atoms with van der Waals surface area (Å²) < 4.78 is 5.38. The Morgan fingerprint density at radius 2 is 2.20 bits per heavy atom. The molecule has 7 heteroatoms. The number of nitrogens with one attached hydrogen (secondary N) is 1. The second-order valence-corrected chi connectivity index (χ2v) is 4.02. The van der Waals surface area contributed by atoms with Gasteiger partial charge in [0.25, 0.3) is 0 Å². The molecule has 1 aromatic heterocycles. The van der Waals surface area contributed by atoms with Crippen molar-refractivity contribution in [3.63, 3.8) is 0 Å². The van der Waals surface area contributed by atoms with Gasteiger partial charge in [-0.15, -0.1) is 0 Å². The lowest BCUT2D eigenvalue weighted by atomic mass is 10.3. The van der Waals surface area contributed by atoms with Gasteiger partial charge in [0.2, 0.25) is 17.7 Å². The molecule has 0 saturated heterocycles. The number of hydrogen-bond donors (Lipinski definition) is 3. The molecule has 2 rings (SSSR count). The quantitative estimate of drug-likeness (QED) is 0.653. The molecule has 2 aromatic rings. The molecular formula is C13H13N3O4. The van der Waals surface area contributed by atoms with E-state index < -0.39 is 17.9 Å². The van der Waals surface area contributed by atoms with Crippen LogP contribution in [-0.4, -0.2) is 34.6 Å². The Labute approximate surface area is 114 Å². The first kappa shape index (κ1) is 13.8. The molecule has 1 atom stereocenters. The number of carbonyl (C=O) groups is 2. The van der Waals surface area contributed by atoms with Crippen molar-refractivity contribution in [1.29, 1.82) is 0 Å². The van der Waals surface area contributed by atoms with Crippen molar-refractivity contribution in [1.82, 2.24) is 10.3 Å². The molecule has 1 heterocycles. The van der Waals surface area contributed by atoms with Gasteiger partial charge in [0.15, 0.2) is 5.58 Å². The van der Waals surface area contributed by atoms with E-state index >= 15 is 0 Å². The first-order valence-corrected chi connectivity index (χ1v) is 5.85. The van der Waals surface area contributed by atoms with Gasteiger partial charge in [-0.1, -0.05) is 12.1 Å². The van der Waals surface area contributed by atoms with Gasteiger partial charge in [-0.05, 0) is 12.1 Å².